The number of H-pyrrole nitrogens is 1. The van der Waals surface area contributed by atoms with Gasteiger partial charge in [-0.25, -0.2) is 22.8 Å². The normalized spacial score (nSPS) is 20.7. The molecule has 1 aliphatic heterocycles. The molecule has 0 spiro atoms. The Balaban J connectivity index is 1.47. The van der Waals surface area contributed by atoms with Gasteiger partial charge in [-0.3, -0.25) is 4.68 Å². The highest BCUT2D eigenvalue weighted by atomic mass is 32.2. The minimum absolute atomic E-state index is 0.165. The van der Waals surface area contributed by atoms with Crippen molar-refractivity contribution in [1.29, 1.82) is 5.26 Å². The third-order valence-corrected chi connectivity index (χ3v) is 8.65. The lowest BCUT2D eigenvalue weighted by Gasteiger charge is -2.49. The lowest BCUT2D eigenvalue weighted by atomic mass is 9.89. The van der Waals surface area contributed by atoms with Crippen molar-refractivity contribution in [3.8, 4) is 17.3 Å². The summed E-state index contributed by atoms with van der Waals surface area (Å²) in [5.41, 5.74) is 1.95. The first-order valence-corrected chi connectivity index (χ1v) is 11.3. The molecule has 2 aliphatic rings. The molecular formula is C19H22N8OS. The minimum atomic E-state index is -2.37. The van der Waals surface area contributed by atoms with E-state index in [9.17, 15) is 9.47 Å². The van der Waals surface area contributed by atoms with E-state index in [1.54, 1.807) is 6.20 Å². The van der Waals surface area contributed by atoms with Crippen LogP contribution in [0.25, 0.3) is 22.3 Å². The SMILES string of the molecule is CCN=S(=O)(C1CC1)N1CC(CC#N)(n2cc(-c3ncnc4[nH]ccc34)cn2)C1. The van der Waals surface area contributed by atoms with E-state index in [0.717, 1.165) is 35.1 Å². The molecule has 150 valence electrons. The molecule has 0 bridgehead atoms. The predicted molar refractivity (Wildman–Crippen MR) is 109 cm³/mol. The van der Waals surface area contributed by atoms with Crippen LogP contribution in [0.1, 0.15) is 26.2 Å². The van der Waals surface area contributed by atoms with Gasteiger partial charge in [-0.15, -0.1) is 0 Å². The number of hydrogen-bond donors (Lipinski definition) is 1. The Bertz CT molecular complexity index is 1220. The maximum Gasteiger partial charge on any atom is 0.141 e. The summed E-state index contributed by atoms with van der Waals surface area (Å²) < 4.78 is 21.7. The van der Waals surface area contributed by atoms with E-state index in [-0.39, 0.29) is 5.25 Å². The van der Waals surface area contributed by atoms with Crippen LogP contribution in [0.5, 0.6) is 0 Å². The van der Waals surface area contributed by atoms with Crippen LogP contribution in [-0.2, 0) is 15.5 Å². The Hall–Kier alpha value is -2.77. The summed E-state index contributed by atoms with van der Waals surface area (Å²) in [5, 5.41) is 15.1. The highest BCUT2D eigenvalue weighted by Gasteiger charge is 2.52. The van der Waals surface area contributed by atoms with E-state index in [2.05, 4.69) is 30.5 Å². The monoisotopic (exact) mass is 410 g/mol. The van der Waals surface area contributed by atoms with Crippen molar-refractivity contribution in [2.45, 2.75) is 37.0 Å². The second-order valence-electron chi connectivity index (χ2n) is 7.68. The summed E-state index contributed by atoms with van der Waals surface area (Å²) in [6.45, 7) is 3.50. The summed E-state index contributed by atoms with van der Waals surface area (Å²) in [7, 11) is -2.37. The summed E-state index contributed by atoms with van der Waals surface area (Å²) in [6.07, 6.45) is 9.30. The van der Waals surface area contributed by atoms with E-state index in [4.69, 9.17) is 0 Å². The maximum absolute atomic E-state index is 13.4. The Morgan fingerprint density at radius 1 is 1.41 bits per heavy atom. The van der Waals surface area contributed by atoms with Crippen LogP contribution < -0.4 is 0 Å². The van der Waals surface area contributed by atoms with Crippen LogP contribution in [0.15, 0.2) is 35.3 Å². The maximum atomic E-state index is 13.4. The van der Waals surface area contributed by atoms with Crippen molar-refractivity contribution in [1.82, 2.24) is 29.0 Å². The van der Waals surface area contributed by atoms with Crippen molar-refractivity contribution in [2.24, 2.45) is 4.36 Å². The highest BCUT2D eigenvalue weighted by Crippen LogP contribution is 2.41. The van der Waals surface area contributed by atoms with E-state index in [0.29, 0.717) is 26.1 Å². The molecule has 3 aromatic heterocycles. The zero-order valence-electron chi connectivity index (χ0n) is 16.2. The fraction of sp³-hybridized carbons (Fsp3) is 0.474. The summed E-state index contributed by atoms with van der Waals surface area (Å²) in [5.74, 6) is 0. The van der Waals surface area contributed by atoms with Gasteiger partial charge < -0.3 is 4.98 Å². The molecule has 1 saturated carbocycles. The first-order valence-electron chi connectivity index (χ1n) is 9.77. The second-order valence-corrected chi connectivity index (χ2v) is 10.2. The van der Waals surface area contributed by atoms with E-state index in [1.807, 2.05) is 34.4 Å². The molecule has 9 nitrogen and oxygen atoms in total. The molecule has 1 N–H and O–H groups in total. The Morgan fingerprint density at radius 3 is 2.97 bits per heavy atom. The van der Waals surface area contributed by atoms with Gasteiger partial charge in [-0.1, -0.05) is 0 Å². The van der Waals surface area contributed by atoms with Gasteiger partial charge >= 0.3 is 0 Å². The van der Waals surface area contributed by atoms with E-state index in [1.165, 1.54) is 6.33 Å². The Kier molecular flexibility index (Phi) is 4.18. The largest absolute Gasteiger partial charge is 0.346 e. The third-order valence-electron chi connectivity index (χ3n) is 5.69. The topological polar surface area (TPSA) is 116 Å². The fourth-order valence-corrected chi connectivity index (χ4v) is 6.81. The second kappa shape index (κ2) is 6.64. The molecule has 5 rings (SSSR count). The molecule has 29 heavy (non-hydrogen) atoms. The van der Waals surface area contributed by atoms with Gasteiger partial charge in [0.15, 0.2) is 0 Å². The number of nitrogens with zero attached hydrogens (tertiary/aromatic N) is 7. The first kappa shape index (κ1) is 18.3. The van der Waals surface area contributed by atoms with Gasteiger partial charge in [-0.2, -0.15) is 10.4 Å². The molecule has 1 aliphatic carbocycles. The Labute approximate surface area is 169 Å². The zero-order valence-corrected chi connectivity index (χ0v) is 17.0. The first-order chi connectivity index (χ1) is 14.1. The molecule has 0 aromatic carbocycles. The lowest BCUT2D eigenvalue weighted by molar-refractivity contribution is 0.0747. The fourth-order valence-electron chi connectivity index (χ4n) is 4.04. The average Bonchev–Trinajstić information content (AvgIpc) is 3.24. The molecule has 1 atom stereocenters. The number of hydrogen-bond acceptors (Lipinski definition) is 6. The van der Waals surface area contributed by atoms with Gasteiger partial charge in [-0.05, 0) is 25.8 Å². The number of nitrogens with one attached hydrogen (secondary N) is 1. The Morgan fingerprint density at radius 2 is 2.24 bits per heavy atom. The standard InChI is InChI=1S/C19H22N8OS/c1-2-25-29(28,15-3-4-15)26-11-19(12-26,6-7-20)27-10-14(9-24-27)17-16-5-8-21-18(16)23-13-22-17/h5,8-10,13,15H,2-4,6,11-12H2,1H3,(H,21,22,23). The number of rotatable bonds is 6. The van der Waals surface area contributed by atoms with Gasteiger partial charge in [0.25, 0.3) is 0 Å². The van der Waals surface area contributed by atoms with Crippen molar-refractivity contribution in [3.63, 3.8) is 0 Å². The summed E-state index contributed by atoms with van der Waals surface area (Å²) >= 11 is 0. The van der Waals surface area contributed by atoms with Crippen LogP contribution in [0.3, 0.4) is 0 Å². The van der Waals surface area contributed by atoms with Crippen molar-refractivity contribution < 1.29 is 4.21 Å². The van der Waals surface area contributed by atoms with E-state index >= 15 is 0 Å². The van der Waals surface area contributed by atoms with Gasteiger partial charge in [0.2, 0.25) is 0 Å². The van der Waals surface area contributed by atoms with Gasteiger partial charge in [0.05, 0.1) is 29.6 Å². The molecule has 0 radical (unpaired) electrons. The molecule has 0 amide bonds. The third kappa shape index (κ3) is 2.84. The quantitative estimate of drug-likeness (QED) is 0.669. The van der Waals surface area contributed by atoms with Crippen molar-refractivity contribution in [3.05, 3.63) is 31.0 Å². The van der Waals surface area contributed by atoms with Gasteiger partial charge in [0, 0.05) is 43.0 Å². The lowest BCUT2D eigenvalue weighted by Crippen LogP contribution is -2.64. The van der Waals surface area contributed by atoms with Crippen LogP contribution >= 0.6 is 0 Å². The number of aromatic nitrogens is 5. The zero-order chi connectivity index (χ0) is 20.1. The van der Waals surface area contributed by atoms with Crippen LogP contribution in [0, 0.1) is 11.3 Å². The molecule has 3 aromatic rings. The number of nitriles is 1. The van der Waals surface area contributed by atoms with Crippen molar-refractivity contribution in [2.75, 3.05) is 19.6 Å². The van der Waals surface area contributed by atoms with E-state index < -0.39 is 15.5 Å². The molecular weight excluding hydrogens is 388 g/mol. The smallest absolute Gasteiger partial charge is 0.141 e. The predicted octanol–water partition coefficient (Wildman–Crippen LogP) is 2.31. The minimum Gasteiger partial charge on any atom is -0.346 e. The highest BCUT2D eigenvalue weighted by molar-refractivity contribution is 7.92. The average molecular weight is 411 g/mol. The molecule has 2 fully saturated rings. The van der Waals surface area contributed by atoms with Gasteiger partial charge in [0.1, 0.15) is 27.4 Å². The molecule has 1 saturated heterocycles. The van der Waals surface area contributed by atoms with Crippen LogP contribution in [0.2, 0.25) is 0 Å². The molecule has 4 heterocycles. The summed E-state index contributed by atoms with van der Waals surface area (Å²) in [6, 6.07) is 4.23. The number of fused-ring (bicyclic) bond motifs is 1. The van der Waals surface area contributed by atoms with Crippen LogP contribution in [-0.4, -0.2) is 58.1 Å². The summed E-state index contributed by atoms with van der Waals surface area (Å²) in [4.78, 5) is 11.7. The molecule has 1 unspecified atom stereocenters. The van der Waals surface area contributed by atoms with Crippen molar-refractivity contribution >= 4 is 20.9 Å². The van der Waals surface area contributed by atoms with Crippen LogP contribution in [0.4, 0.5) is 0 Å². The molecule has 10 heteroatoms. The number of aromatic amines is 1.